The lowest BCUT2D eigenvalue weighted by molar-refractivity contribution is -0.132. The summed E-state index contributed by atoms with van der Waals surface area (Å²) in [7, 11) is 0. The van der Waals surface area contributed by atoms with E-state index in [-0.39, 0.29) is 24.5 Å². The SMILES string of the molecule is Cc1cccc(C)c1OCCCC(=O)N1CCC(NC(=O)COc2ccccc2)CC1. The van der Waals surface area contributed by atoms with Crippen molar-refractivity contribution in [2.45, 2.75) is 45.6 Å². The molecule has 0 bridgehead atoms. The predicted octanol–water partition coefficient (Wildman–Crippen LogP) is 3.65. The van der Waals surface area contributed by atoms with Crippen LogP contribution in [0.1, 0.15) is 36.8 Å². The molecule has 0 aromatic heterocycles. The molecule has 0 unspecified atom stereocenters. The lowest BCUT2D eigenvalue weighted by Gasteiger charge is -2.32. The first-order valence-corrected chi connectivity index (χ1v) is 11.0. The van der Waals surface area contributed by atoms with Crippen LogP contribution in [0.3, 0.4) is 0 Å². The number of likely N-dealkylation sites (tertiary alicyclic amines) is 1. The van der Waals surface area contributed by atoms with Crippen LogP contribution in [0.25, 0.3) is 0 Å². The van der Waals surface area contributed by atoms with Gasteiger partial charge in [0.2, 0.25) is 5.91 Å². The van der Waals surface area contributed by atoms with Crippen LogP contribution in [0.5, 0.6) is 11.5 Å². The Bertz CT molecular complexity index is 841. The maximum absolute atomic E-state index is 12.5. The smallest absolute Gasteiger partial charge is 0.258 e. The molecule has 0 radical (unpaired) electrons. The molecule has 2 aromatic rings. The van der Waals surface area contributed by atoms with Crippen molar-refractivity contribution >= 4 is 11.8 Å². The molecule has 2 aromatic carbocycles. The number of amides is 2. The maximum atomic E-state index is 12.5. The maximum Gasteiger partial charge on any atom is 0.258 e. The molecule has 1 aliphatic heterocycles. The van der Waals surface area contributed by atoms with Gasteiger partial charge in [0.15, 0.2) is 6.61 Å². The second-order valence-corrected chi connectivity index (χ2v) is 8.00. The molecule has 31 heavy (non-hydrogen) atoms. The van der Waals surface area contributed by atoms with Gasteiger partial charge in [-0.1, -0.05) is 36.4 Å². The topological polar surface area (TPSA) is 67.9 Å². The van der Waals surface area contributed by atoms with Gasteiger partial charge in [0.1, 0.15) is 11.5 Å². The average molecular weight is 425 g/mol. The Hall–Kier alpha value is -3.02. The molecule has 1 saturated heterocycles. The molecule has 0 spiro atoms. The monoisotopic (exact) mass is 424 g/mol. The molecule has 0 aliphatic carbocycles. The quantitative estimate of drug-likeness (QED) is 0.624. The fourth-order valence-corrected chi connectivity index (χ4v) is 3.79. The van der Waals surface area contributed by atoms with Gasteiger partial charge in [-0.3, -0.25) is 9.59 Å². The third kappa shape index (κ3) is 7.02. The summed E-state index contributed by atoms with van der Waals surface area (Å²) in [5, 5.41) is 3.01. The number of benzene rings is 2. The Labute approximate surface area is 184 Å². The number of nitrogens with zero attached hydrogens (tertiary/aromatic N) is 1. The van der Waals surface area contributed by atoms with Crippen molar-refractivity contribution in [1.29, 1.82) is 0 Å². The molecule has 3 rings (SSSR count). The average Bonchev–Trinajstić information content (AvgIpc) is 2.78. The second kappa shape index (κ2) is 11.4. The molecule has 1 N–H and O–H groups in total. The first-order chi connectivity index (χ1) is 15.0. The zero-order valence-corrected chi connectivity index (χ0v) is 18.4. The lowest BCUT2D eigenvalue weighted by Crippen LogP contribution is -2.47. The minimum atomic E-state index is -0.128. The summed E-state index contributed by atoms with van der Waals surface area (Å²) in [4.78, 5) is 26.5. The van der Waals surface area contributed by atoms with Crippen molar-refractivity contribution in [3.05, 3.63) is 59.7 Å². The van der Waals surface area contributed by atoms with E-state index in [1.807, 2.05) is 67.3 Å². The summed E-state index contributed by atoms with van der Waals surface area (Å²) in [5.41, 5.74) is 2.23. The molecule has 6 nitrogen and oxygen atoms in total. The zero-order chi connectivity index (χ0) is 22.1. The summed E-state index contributed by atoms with van der Waals surface area (Å²) in [6.07, 6.45) is 2.70. The van der Waals surface area contributed by atoms with Gasteiger partial charge in [-0.2, -0.15) is 0 Å². The molecular formula is C25H32N2O4. The molecule has 1 heterocycles. The summed E-state index contributed by atoms with van der Waals surface area (Å²) >= 11 is 0. The summed E-state index contributed by atoms with van der Waals surface area (Å²) in [5.74, 6) is 1.63. The Balaban J connectivity index is 1.31. The highest BCUT2D eigenvalue weighted by molar-refractivity contribution is 5.78. The van der Waals surface area contributed by atoms with Crippen molar-refractivity contribution in [1.82, 2.24) is 10.2 Å². The van der Waals surface area contributed by atoms with Crippen molar-refractivity contribution < 1.29 is 19.1 Å². The number of carbonyl (C=O) groups is 2. The van der Waals surface area contributed by atoms with Crippen molar-refractivity contribution in [2.24, 2.45) is 0 Å². The van der Waals surface area contributed by atoms with Crippen molar-refractivity contribution in [3.8, 4) is 11.5 Å². The van der Waals surface area contributed by atoms with E-state index in [9.17, 15) is 9.59 Å². The zero-order valence-electron chi connectivity index (χ0n) is 18.4. The van der Waals surface area contributed by atoms with Gasteiger partial charge >= 0.3 is 0 Å². The minimum absolute atomic E-state index is 0.00349. The van der Waals surface area contributed by atoms with E-state index in [0.29, 0.717) is 38.3 Å². The van der Waals surface area contributed by atoms with Gasteiger partial charge in [0, 0.05) is 25.6 Å². The number of aryl methyl sites for hydroxylation is 2. The standard InChI is InChI=1S/C25H32N2O4/c1-19-8-6-9-20(2)25(19)30-17-7-12-24(29)27-15-13-21(14-16-27)26-23(28)18-31-22-10-4-3-5-11-22/h3-6,8-11,21H,7,12-18H2,1-2H3,(H,26,28). The number of hydrogen-bond acceptors (Lipinski definition) is 4. The number of nitrogens with one attached hydrogen (secondary N) is 1. The first kappa shape index (κ1) is 22.7. The van der Waals surface area contributed by atoms with E-state index in [0.717, 1.165) is 29.7 Å². The number of rotatable bonds is 9. The summed E-state index contributed by atoms with van der Waals surface area (Å²) in [6, 6.07) is 15.5. The van der Waals surface area contributed by atoms with Crippen LogP contribution in [0.2, 0.25) is 0 Å². The highest BCUT2D eigenvalue weighted by Gasteiger charge is 2.23. The van der Waals surface area contributed by atoms with Crippen LogP contribution < -0.4 is 14.8 Å². The van der Waals surface area contributed by atoms with Crippen LogP contribution in [0, 0.1) is 13.8 Å². The number of ether oxygens (including phenoxy) is 2. The van der Waals surface area contributed by atoms with Crippen LogP contribution in [0.4, 0.5) is 0 Å². The Morgan fingerprint density at radius 3 is 2.32 bits per heavy atom. The Kier molecular flexibility index (Phi) is 8.33. The molecule has 0 saturated carbocycles. The normalized spacial score (nSPS) is 14.2. The molecule has 1 fully saturated rings. The Morgan fingerprint density at radius 1 is 0.968 bits per heavy atom. The van der Waals surface area contributed by atoms with Crippen LogP contribution in [-0.2, 0) is 9.59 Å². The second-order valence-electron chi connectivity index (χ2n) is 8.00. The summed E-state index contributed by atoms with van der Waals surface area (Å²) in [6.45, 7) is 5.94. The van der Waals surface area contributed by atoms with E-state index < -0.39 is 0 Å². The van der Waals surface area contributed by atoms with E-state index in [1.165, 1.54) is 0 Å². The molecule has 0 atom stereocenters. The number of para-hydroxylation sites is 2. The minimum Gasteiger partial charge on any atom is -0.493 e. The third-order valence-electron chi connectivity index (χ3n) is 5.52. The van der Waals surface area contributed by atoms with Crippen molar-refractivity contribution in [2.75, 3.05) is 26.3 Å². The van der Waals surface area contributed by atoms with E-state index in [1.54, 1.807) is 0 Å². The predicted molar refractivity (Wildman–Crippen MR) is 120 cm³/mol. The highest BCUT2D eigenvalue weighted by atomic mass is 16.5. The van der Waals surface area contributed by atoms with Gasteiger partial charge in [0.05, 0.1) is 6.61 Å². The van der Waals surface area contributed by atoms with Crippen molar-refractivity contribution in [3.63, 3.8) is 0 Å². The van der Waals surface area contributed by atoms with Gasteiger partial charge < -0.3 is 19.7 Å². The molecule has 166 valence electrons. The largest absolute Gasteiger partial charge is 0.493 e. The van der Waals surface area contributed by atoms with E-state index in [4.69, 9.17) is 9.47 Å². The van der Waals surface area contributed by atoms with Gasteiger partial charge in [-0.05, 0) is 56.4 Å². The van der Waals surface area contributed by atoms with Crippen LogP contribution >= 0.6 is 0 Å². The number of hydrogen-bond donors (Lipinski definition) is 1. The van der Waals surface area contributed by atoms with Gasteiger partial charge in [-0.15, -0.1) is 0 Å². The molecule has 6 heteroatoms. The van der Waals surface area contributed by atoms with Crippen LogP contribution in [0.15, 0.2) is 48.5 Å². The lowest BCUT2D eigenvalue weighted by atomic mass is 10.0. The summed E-state index contributed by atoms with van der Waals surface area (Å²) < 4.78 is 11.4. The number of piperidine rings is 1. The van der Waals surface area contributed by atoms with E-state index >= 15 is 0 Å². The molecule has 2 amide bonds. The fourth-order valence-electron chi connectivity index (χ4n) is 3.79. The molecular weight excluding hydrogens is 392 g/mol. The third-order valence-corrected chi connectivity index (χ3v) is 5.52. The number of carbonyl (C=O) groups excluding carboxylic acids is 2. The fraction of sp³-hybridized carbons (Fsp3) is 0.440. The van der Waals surface area contributed by atoms with E-state index in [2.05, 4.69) is 5.32 Å². The van der Waals surface area contributed by atoms with Crippen LogP contribution in [-0.4, -0.2) is 49.1 Å². The first-order valence-electron chi connectivity index (χ1n) is 11.0. The Morgan fingerprint density at radius 2 is 1.65 bits per heavy atom. The highest BCUT2D eigenvalue weighted by Crippen LogP contribution is 2.22. The van der Waals surface area contributed by atoms with Gasteiger partial charge in [-0.25, -0.2) is 0 Å². The van der Waals surface area contributed by atoms with Gasteiger partial charge in [0.25, 0.3) is 5.91 Å². The molecule has 1 aliphatic rings.